The quantitative estimate of drug-likeness (QED) is 0.606. The van der Waals surface area contributed by atoms with Crippen LogP contribution in [0.1, 0.15) is 40.5 Å². The number of rotatable bonds is 6. The fourth-order valence-corrected chi connectivity index (χ4v) is 0.966. The smallest absolute Gasteiger partial charge is 0.239 e. The van der Waals surface area contributed by atoms with E-state index in [0.29, 0.717) is 6.54 Å². The van der Waals surface area contributed by atoms with Gasteiger partial charge in [-0.2, -0.15) is 0 Å². The predicted octanol–water partition coefficient (Wildman–Crippen LogP) is 0.145. The van der Waals surface area contributed by atoms with Gasteiger partial charge in [0.1, 0.15) is 0 Å². The Morgan fingerprint density at radius 2 is 1.94 bits per heavy atom. The van der Waals surface area contributed by atoms with Crippen LogP contribution in [-0.2, 0) is 9.59 Å². The van der Waals surface area contributed by atoms with Crippen molar-refractivity contribution in [1.29, 1.82) is 0 Å². The van der Waals surface area contributed by atoms with Crippen LogP contribution < -0.4 is 16.4 Å². The second-order valence-electron chi connectivity index (χ2n) is 4.60. The monoisotopic (exact) mass is 229 g/mol. The van der Waals surface area contributed by atoms with Gasteiger partial charge in [-0.05, 0) is 27.2 Å². The van der Waals surface area contributed by atoms with E-state index in [-0.39, 0.29) is 24.3 Å². The average molecular weight is 229 g/mol. The third-order valence-corrected chi connectivity index (χ3v) is 2.24. The van der Waals surface area contributed by atoms with E-state index in [0.717, 1.165) is 6.42 Å². The minimum Gasteiger partial charge on any atom is -0.354 e. The minimum absolute atomic E-state index is 0.0514. The Hall–Kier alpha value is -1.10. The van der Waals surface area contributed by atoms with Crippen LogP contribution in [0.2, 0.25) is 0 Å². The van der Waals surface area contributed by atoms with Crippen molar-refractivity contribution in [1.82, 2.24) is 10.6 Å². The van der Waals surface area contributed by atoms with Gasteiger partial charge in [-0.15, -0.1) is 0 Å². The van der Waals surface area contributed by atoms with E-state index in [1.165, 1.54) is 0 Å². The van der Waals surface area contributed by atoms with E-state index < -0.39 is 5.54 Å². The Bertz CT molecular complexity index is 246. The first-order valence-electron chi connectivity index (χ1n) is 5.64. The molecule has 0 rings (SSSR count). The molecule has 0 aromatic rings. The van der Waals surface area contributed by atoms with Crippen molar-refractivity contribution in [3.63, 3.8) is 0 Å². The molecule has 0 heterocycles. The van der Waals surface area contributed by atoms with Crippen molar-refractivity contribution in [2.24, 2.45) is 5.73 Å². The molecule has 0 aromatic heterocycles. The van der Waals surface area contributed by atoms with Crippen LogP contribution in [0.4, 0.5) is 0 Å². The Balaban J connectivity index is 3.75. The molecule has 0 spiro atoms. The summed E-state index contributed by atoms with van der Waals surface area (Å²) in [6.07, 6.45) is 1.18. The molecule has 0 aliphatic heterocycles. The number of nitrogens with two attached hydrogens (primary N) is 1. The van der Waals surface area contributed by atoms with Gasteiger partial charge in [0, 0.05) is 19.0 Å². The van der Waals surface area contributed by atoms with Gasteiger partial charge in [0.25, 0.3) is 0 Å². The lowest BCUT2D eigenvalue weighted by Gasteiger charge is -2.18. The number of carbonyl (C=O) groups is 2. The molecule has 0 saturated heterocycles. The van der Waals surface area contributed by atoms with Crippen LogP contribution in [0, 0.1) is 0 Å². The lowest BCUT2D eigenvalue weighted by atomic mass is 10.1. The highest BCUT2D eigenvalue weighted by molar-refractivity contribution is 5.85. The van der Waals surface area contributed by atoms with E-state index in [1.54, 1.807) is 13.8 Å². The summed E-state index contributed by atoms with van der Waals surface area (Å²) in [6.45, 7) is 7.52. The molecular weight excluding hydrogens is 206 g/mol. The third kappa shape index (κ3) is 6.40. The molecule has 1 unspecified atom stereocenters. The van der Waals surface area contributed by atoms with E-state index in [9.17, 15) is 9.59 Å². The third-order valence-electron chi connectivity index (χ3n) is 2.24. The molecule has 0 bridgehead atoms. The van der Waals surface area contributed by atoms with Gasteiger partial charge < -0.3 is 16.4 Å². The molecule has 2 amide bonds. The second-order valence-corrected chi connectivity index (χ2v) is 4.60. The van der Waals surface area contributed by atoms with Gasteiger partial charge in [0.05, 0.1) is 5.54 Å². The first-order chi connectivity index (χ1) is 7.27. The molecule has 0 radical (unpaired) electrons. The lowest BCUT2D eigenvalue weighted by molar-refractivity contribution is -0.125. The Kier molecular flexibility index (Phi) is 6.03. The summed E-state index contributed by atoms with van der Waals surface area (Å²) in [4.78, 5) is 22.7. The van der Waals surface area contributed by atoms with Gasteiger partial charge in [-0.25, -0.2) is 0 Å². The van der Waals surface area contributed by atoms with E-state index in [4.69, 9.17) is 5.73 Å². The van der Waals surface area contributed by atoms with Gasteiger partial charge in [-0.3, -0.25) is 9.59 Å². The van der Waals surface area contributed by atoms with Crippen LogP contribution in [0.25, 0.3) is 0 Å². The lowest BCUT2D eigenvalue weighted by Crippen LogP contribution is -2.49. The highest BCUT2D eigenvalue weighted by atomic mass is 16.2. The minimum atomic E-state index is -0.896. The summed E-state index contributed by atoms with van der Waals surface area (Å²) in [5.41, 5.74) is 4.69. The van der Waals surface area contributed by atoms with Crippen molar-refractivity contribution < 1.29 is 9.59 Å². The van der Waals surface area contributed by atoms with Crippen LogP contribution >= 0.6 is 0 Å². The summed E-state index contributed by atoms with van der Waals surface area (Å²) in [7, 11) is 0. The molecule has 5 nitrogen and oxygen atoms in total. The largest absolute Gasteiger partial charge is 0.354 e. The average Bonchev–Trinajstić information content (AvgIpc) is 2.15. The van der Waals surface area contributed by atoms with Crippen LogP contribution in [-0.4, -0.2) is 29.9 Å². The number of hydrogen-bond donors (Lipinski definition) is 3. The summed E-state index contributed by atoms with van der Waals surface area (Å²) in [5.74, 6) is -0.298. The second kappa shape index (κ2) is 6.48. The first-order valence-corrected chi connectivity index (χ1v) is 5.64. The summed E-state index contributed by atoms with van der Waals surface area (Å²) in [6, 6.07) is 0.175. The molecule has 0 aliphatic rings. The van der Waals surface area contributed by atoms with Crippen LogP contribution in [0.5, 0.6) is 0 Å². The SMILES string of the molecule is CCC(C)NC(=O)CCNC(=O)C(C)(C)N. The van der Waals surface area contributed by atoms with Crippen molar-refractivity contribution >= 4 is 11.8 Å². The van der Waals surface area contributed by atoms with Crippen LogP contribution in [0.15, 0.2) is 0 Å². The fraction of sp³-hybridized carbons (Fsp3) is 0.818. The summed E-state index contributed by atoms with van der Waals surface area (Å²) < 4.78 is 0. The van der Waals surface area contributed by atoms with Crippen molar-refractivity contribution in [3.05, 3.63) is 0 Å². The molecule has 0 saturated carbocycles. The molecule has 0 aliphatic carbocycles. The maximum absolute atomic E-state index is 11.4. The normalized spacial score (nSPS) is 13.1. The first kappa shape index (κ1) is 14.9. The molecule has 16 heavy (non-hydrogen) atoms. The van der Waals surface area contributed by atoms with E-state index in [1.807, 2.05) is 13.8 Å². The Labute approximate surface area is 97.2 Å². The maximum Gasteiger partial charge on any atom is 0.239 e. The molecule has 1 atom stereocenters. The topological polar surface area (TPSA) is 84.2 Å². The summed E-state index contributed by atoms with van der Waals surface area (Å²) in [5, 5.41) is 5.44. The molecule has 4 N–H and O–H groups in total. The molecule has 94 valence electrons. The van der Waals surface area contributed by atoms with E-state index in [2.05, 4.69) is 10.6 Å². The van der Waals surface area contributed by atoms with Gasteiger partial charge >= 0.3 is 0 Å². The van der Waals surface area contributed by atoms with Gasteiger partial charge in [0.2, 0.25) is 11.8 Å². The molecular formula is C11H23N3O2. The highest BCUT2D eigenvalue weighted by Crippen LogP contribution is 1.95. The van der Waals surface area contributed by atoms with Crippen LogP contribution in [0.3, 0.4) is 0 Å². The molecule has 0 fully saturated rings. The molecule has 0 aromatic carbocycles. The van der Waals surface area contributed by atoms with E-state index >= 15 is 0 Å². The van der Waals surface area contributed by atoms with Crippen molar-refractivity contribution in [3.8, 4) is 0 Å². The molecule has 5 heteroatoms. The zero-order chi connectivity index (χ0) is 12.8. The zero-order valence-corrected chi connectivity index (χ0v) is 10.6. The van der Waals surface area contributed by atoms with Gasteiger partial charge in [0.15, 0.2) is 0 Å². The number of hydrogen-bond acceptors (Lipinski definition) is 3. The van der Waals surface area contributed by atoms with Crippen molar-refractivity contribution in [2.75, 3.05) is 6.54 Å². The predicted molar refractivity (Wildman–Crippen MR) is 63.8 cm³/mol. The Morgan fingerprint density at radius 3 is 2.38 bits per heavy atom. The Morgan fingerprint density at radius 1 is 1.38 bits per heavy atom. The number of nitrogens with one attached hydrogen (secondary N) is 2. The standard InChI is InChI=1S/C11H23N3O2/c1-5-8(2)14-9(15)6-7-13-10(16)11(3,4)12/h8H,5-7,12H2,1-4H3,(H,13,16)(H,14,15). The number of carbonyl (C=O) groups excluding carboxylic acids is 2. The fourth-order valence-electron chi connectivity index (χ4n) is 0.966. The highest BCUT2D eigenvalue weighted by Gasteiger charge is 2.21. The zero-order valence-electron chi connectivity index (χ0n) is 10.6. The summed E-state index contributed by atoms with van der Waals surface area (Å²) >= 11 is 0. The maximum atomic E-state index is 11.4. The number of amides is 2. The van der Waals surface area contributed by atoms with Gasteiger partial charge in [-0.1, -0.05) is 6.92 Å². The van der Waals surface area contributed by atoms with Crippen molar-refractivity contribution in [2.45, 2.75) is 52.1 Å².